The molecule has 2 aromatic rings. The average molecular weight is 338 g/mol. The molecule has 0 aromatic heterocycles. The third-order valence-corrected chi connectivity index (χ3v) is 4.88. The minimum Gasteiger partial charge on any atom is -0.352 e. The molecule has 134 valence electrons. The lowest BCUT2D eigenvalue weighted by Crippen LogP contribution is -2.30. The Bertz CT molecular complexity index is 636. The third kappa shape index (κ3) is 6.38. The van der Waals surface area contributed by atoms with Crippen LogP contribution in [0, 0.1) is 5.92 Å². The maximum atomic E-state index is 12.7. The van der Waals surface area contributed by atoms with Gasteiger partial charge in [0.2, 0.25) is 0 Å². The molecule has 1 atom stereocenters. The van der Waals surface area contributed by atoms with E-state index in [-0.39, 0.29) is 5.91 Å². The molecule has 2 heteroatoms. The molecule has 2 rings (SSSR count). The van der Waals surface area contributed by atoms with Gasteiger partial charge in [0, 0.05) is 12.1 Å². The largest absolute Gasteiger partial charge is 0.352 e. The van der Waals surface area contributed by atoms with Crippen molar-refractivity contribution in [2.45, 2.75) is 52.4 Å². The van der Waals surface area contributed by atoms with E-state index in [2.05, 4.69) is 49.5 Å². The van der Waals surface area contributed by atoms with E-state index in [0.717, 1.165) is 36.9 Å². The first-order valence-corrected chi connectivity index (χ1v) is 9.64. The zero-order valence-corrected chi connectivity index (χ0v) is 15.6. The molecule has 2 nitrogen and oxygen atoms in total. The fourth-order valence-corrected chi connectivity index (χ4v) is 3.16. The molecule has 0 spiro atoms. The molecule has 0 saturated carbocycles. The molecule has 0 aliphatic carbocycles. The second-order valence-corrected chi connectivity index (χ2v) is 6.77. The Morgan fingerprint density at radius 3 is 2.40 bits per heavy atom. The normalized spacial score (nSPS) is 11.9. The molecule has 0 saturated heterocycles. The molecule has 25 heavy (non-hydrogen) atoms. The molecule has 2 aromatic carbocycles. The van der Waals surface area contributed by atoms with Crippen molar-refractivity contribution in [3.63, 3.8) is 0 Å². The maximum Gasteiger partial charge on any atom is 0.251 e. The van der Waals surface area contributed by atoms with Gasteiger partial charge in [0.1, 0.15) is 0 Å². The van der Waals surface area contributed by atoms with Crippen LogP contribution in [0.25, 0.3) is 0 Å². The van der Waals surface area contributed by atoms with Gasteiger partial charge in [0.15, 0.2) is 0 Å². The average Bonchev–Trinajstić information content (AvgIpc) is 2.67. The Hall–Kier alpha value is -2.09. The first-order chi connectivity index (χ1) is 12.2. The molecule has 1 amide bonds. The number of hydrogen-bond acceptors (Lipinski definition) is 1. The van der Waals surface area contributed by atoms with Crippen molar-refractivity contribution >= 4 is 5.91 Å². The minimum atomic E-state index is 0.0682. The van der Waals surface area contributed by atoms with Crippen LogP contribution in [0.15, 0.2) is 54.6 Å². The van der Waals surface area contributed by atoms with E-state index >= 15 is 0 Å². The number of amides is 1. The summed E-state index contributed by atoms with van der Waals surface area (Å²) in [6.45, 7) is 5.21. The fourth-order valence-electron chi connectivity index (χ4n) is 3.16. The van der Waals surface area contributed by atoms with Crippen LogP contribution in [-0.2, 0) is 12.8 Å². The highest BCUT2D eigenvalue weighted by Crippen LogP contribution is 2.15. The molecule has 0 fully saturated rings. The van der Waals surface area contributed by atoms with Crippen molar-refractivity contribution < 1.29 is 4.79 Å². The van der Waals surface area contributed by atoms with E-state index in [9.17, 15) is 4.79 Å². The van der Waals surface area contributed by atoms with Gasteiger partial charge in [-0.15, -0.1) is 0 Å². The number of rotatable bonds is 10. The monoisotopic (exact) mass is 337 g/mol. The highest BCUT2D eigenvalue weighted by molar-refractivity contribution is 5.95. The van der Waals surface area contributed by atoms with Gasteiger partial charge in [-0.3, -0.25) is 4.79 Å². The quantitative estimate of drug-likeness (QED) is 0.616. The molecule has 0 aliphatic heterocycles. The van der Waals surface area contributed by atoms with Crippen LogP contribution in [0.5, 0.6) is 0 Å². The predicted molar refractivity (Wildman–Crippen MR) is 106 cm³/mol. The van der Waals surface area contributed by atoms with Gasteiger partial charge in [0.25, 0.3) is 5.91 Å². The van der Waals surface area contributed by atoms with E-state index in [1.54, 1.807) is 0 Å². The number of aryl methyl sites for hydroxylation is 2. The lowest BCUT2D eigenvalue weighted by Gasteiger charge is -2.16. The lowest BCUT2D eigenvalue weighted by atomic mass is 9.97. The van der Waals surface area contributed by atoms with Crippen LogP contribution < -0.4 is 5.32 Å². The molecular formula is C23H31NO. The predicted octanol–water partition coefficient (Wildman–Crippen LogP) is 5.42. The van der Waals surface area contributed by atoms with Gasteiger partial charge >= 0.3 is 0 Å². The van der Waals surface area contributed by atoms with E-state index in [1.165, 1.54) is 24.8 Å². The molecule has 0 bridgehead atoms. The summed E-state index contributed by atoms with van der Waals surface area (Å²) in [5, 5.41) is 3.16. The first kappa shape index (κ1) is 19.2. The van der Waals surface area contributed by atoms with Gasteiger partial charge in [0.05, 0.1) is 0 Å². The standard InChI is InChI=1S/C23H31NO/c1-3-5-11-19(4-2)18-24-23(25)22-15-10-9-14-21(22)17-16-20-12-7-6-8-13-20/h6-10,12-15,19H,3-5,11,16-18H2,1-2H3,(H,24,25)/t19-/m1/s1. The molecule has 0 radical (unpaired) electrons. The lowest BCUT2D eigenvalue weighted by molar-refractivity contribution is 0.0945. The summed E-state index contributed by atoms with van der Waals surface area (Å²) in [5.41, 5.74) is 3.26. The van der Waals surface area contributed by atoms with Crippen molar-refractivity contribution in [1.82, 2.24) is 5.32 Å². The molecule has 0 unspecified atom stereocenters. The second-order valence-electron chi connectivity index (χ2n) is 6.77. The topological polar surface area (TPSA) is 29.1 Å². The Kier molecular flexibility index (Phi) is 8.24. The summed E-state index contributed by atoms with van der Waals surface area (Å²) in [6, 6.07) is 18.4. The third-order valence-electron chi connectivity index (χ3n) is 4.88. The summed E-state index contributed by atoms with van der Waals surface area (Å²) < 4.78 is 0. The van der Waals surface area contributed by atoms with Crippen LogP contribution >= 0.6 is 0 Å². The summed E-state index contributed by atoms with van der Waals surface area (Å²) >= 11 is 0. The Morgan fingerprint density at radius 1 is 0.960 bits per heavy atom. The number of benzene rings is 2. The first-order valence-electron chi connectivity index (χ1n) is 9.64. The number of carbonyl (C=O) groups is 1. The summed E-state index contributed by atoms with van der Waals surface area (Å²) in [5.74, 6) is 0.652. The smallest absolute Gasteiger partial charge is 0.251 e. The summed E-state index contributed by atoms with van der Waals surface area (Å²) in [7, 11) is 0. The van der Waals surface area contributed by atoms with Gasteiger partial charge in [-0.1, -0.05) is 81.6 Å². The molecule has 0 aliphatic rings. The molecule has 1 N–H and O–H groups in total. The second kappa shape index (κ2) is 10.7. The Labute approximate surface area is 152 Å². The van der Waals surface area contributed by atoms with Crippen LogP contribution in [0.1, 0.15) is 61.0 Å². The zero-order chi connectivity index (χ0) is 17.9. The molecule has 0 heterocycles. The van der Waals surface area contributed by atoms with Crippen LogP contribution in [0.3, 0.4) is 0 Å². The van der Waals surface area contributed by atoms with Crippen LogP contribution in [0.4, 0.5) is 0 Å². The Balaban J connectivity index is 1.95. The minimum absolute atomic E-state index is 0.0682. The van der Waals surface area contributed by atoms with Crippen molar-refractivity contribution in [1.29, 1.82) is 0 Å². The van der Waals surface area contributed by atoms with E-state index in [4.69, 9.17) is 0 Å². The zero-order valence-electron chi connectivity index (χ0n) is 15.6. The van der Waals surface area contributed by atoms with E-state index in [0.29, 0.717) is 5.92 Å². The summed E-state index contributed by atoms with van der Waals surface area (Å²) in [6.07, 6.45) is 6.62. The maximum absolute atomic E-state index is 12.7. The van der Waals surface area contributed by atoms with E-state index in [1.807, 2.05) is 24.3 Å². The summed E-state index contributed by atoms with van der Waals surface area (Å²) in [4.78, 5) is 12.7. The van der Waals surface area contributed by atoms with Crippen molar-refractivity contribution in [3.05, 3.63) is 71.3 Å². The van der Waals surface area contributed by atoms with Crippen LogP contribution in [0.2, 0.25) is 0 Å². The Morgan fingerprint density at radius 2 is 1.68 bits per heavy atom. The fraction of sp³-hybridized carbons (Fsp3) is 0.435. The van der Waals surface area contributed by atoms with Gasteiger partial charge in [-0.25, -0.2) is 0 Å². The number of carbonyl (C=O) groups excluding carboxylic acids is 1. The van der Waals surface area contributed by atoms with Gasteiger partial charge in [-0.2, -0.15) is 0 Å². The molecular weight excluding hydrogens is 306 g/mol. The van der Waals surface area contributed by atoms with Crippen molar-refractivity contribution in [2.24, 2.45) is 5.92 Å². The number of unbranched alkanes of at least 4 members (excludes halogenated alkanes) is 1. The van der Waals surface area contributed by atoms with Crippen molar-refractivity contribution in [3.8, 4) is 0 Å². The SMILES string of the molecule is CCCC[C@@H](CC)CNC(=O)c1ccccc1CCc1ccccc1. The van der Waals surface area contributed by atoms with Gasteiger partial charge < -0.3 is 5.32 Å². The van der Waals surface area contributed by atoms with E-state index < -0.39 is 0 Å². The number of hydrogen-bond donors (Lipinski definition) is 1. The highest BCUT2D eigenvalue weighted by Gasteiger charge is 2.13. The van der Waals surface area contributed by atoms with Crippen LogP contribution in [-0.4, -0.2) is 12.5 Å². The highest BCUT2D eigenvalue weighted by atomic mass is 16.1. The number of nitrogens with one attached hydrogen (secondary N) is 1. The van der Waals surface area contributed by atoms with Gasteiger partial charge in [-0.05, 0) is 42.4 Å². The van der Waals surface area contributed by atoms with Crippen molar-refractivity contribution in [2.75, 3.05) is 6.54 Å².